The smallest absolute Gasteiger partial charge is 0.171 e. The van der Waals surface area contributed by atoms with E-state index in [1.54, 1.807) is 33.4 Å². The number of nitrogens with zero attached hydrogens (tertiary/aromatic N) is 2. The molecule has 0 aliphatic heterocycles. The van der Waals surface area contributed by atoms with E-state index >= 15 is 0 Å². The summed E-state index contributed by atoms with van der Waals surface area (Å²) in [6, 6.07) is 13.1. The maximum atomic E-state index is 11.6. The third kappa shape index (κ3) is 2.76. The highest BCUT2D eigenvalue weighted by atomic mass is 16.5. The molecule has 0 aliphatic rings. The molecule has 0 saturated carbocycles. The van der Waals surface area contributed by atoms with Gasteiger partial charge in [0.2, 0.25) is 0 Å². The minimum absolute atomic E-state index is 0.0254. The second-order valence-corrected chi connectivity index (χ2v) is 5.27. The number of imidazole rings is 1. The van der Waals surface area contributed by atoms with Crippen molar-refractivity contribution < 1.29 is 14.3 Å². The fraction of sp³-hybridized carbons (Fsp3) is 0.158. The minimum atomic E-state index is 0.0254. The zero-order valence-corrected chi connectivity index (χ0v) is 13.8. The second-order valence-electron chi connectivity index (χ2n) is 5.27. The molecule has 3 aromatic rings. The number of aromatic nitrogens is 2. The Morgan fingerprint density at radius 1 is 1.08 bits per heavy atom. The highest BCUT2D eigenvalue weighted by Gasteiger charge is 2.16. The minimum Gasteiger partial charge on any atom is -0.493 e. The van der Waals surface area contributed by atoms with Crippen LogP contribution >= 0.6 is 0 Å². The lowest BCUT2D eigenvalue weighted by molar-refractivity contribution is 0.101. The van der Waals surface area contributed by atoms with Gasteiger partial charge in [-0.25, -0.2) is 4.98 Å². The molecule has 24 heavy (non-hydrogen) atoms. The number of carbonyl (C=O) groups is 1. The first-order valence-corrected chi connectivity index (χ1v) is 7.51. The number of ether oxygens (including phenoxy) is 2. The SMILES string of the molecule is COc1cccc(-c2nccn2-c2cccc(C(C)=O)c2)c1OC. The van der Waals surface area contributed by atoms with Crippen LogP contribution in [0.15, 0.2) is 54.9 Å². The van der Waals surface area contributed by atoms with Crippen LogP contribution in [0.2, 0.25) is 0 Å². The van der Waals surface area contributed by atoms with Crippen molar-refractivity contribution in [3.05, 3.63) is 60.4 Å². The number of ketones is 1. The Labute approximate surface area is 140 Å². The number of hydrogen-bond donors (Lipinski definition) is 0. The summed E-state index contributed by atoms with van der Waals surface area (Å²) in [6.45, 7) is 1.55. The lowest BCUT2D eigenvalue weighted by Gasteiger charge is -2.14. The van der Waals surface area contributed by atoms with Crippen LogP contribution in [0.5, 0.6) is 11.5 Å². The number of hydrogen-bond acceptors (Lipinski definition) is 4. The molecule has 0 aliphatic carbocycles. The molecule has 0 spiro atoms. The van der Waals surface area contributed by atoms with Crippen LogP contribution in [-0.2, 0) is 0 Å². The summed E-state index contributed by atoms with van der Waals surface area (Å²) < 4.78 is 12.8. The normalized spacial score (nSPS) is 10.5. The fourth-order valence-corrected chi connectivity index (χ4v) is 2.65. The standard InChI is InChI=1S/C19H18N2O3/c1-13(22)14-6-4-7-15(12-14)21-11-10-20-19(21)16-8-5-9-17(23-2)18(16)24-3/h4-12H,1-3H3. The molecule has 0 atom stereocenters. The van der Waals surface area contributed by atoms with Crippen molar-refractivity contribution >= 4 is 5.78 Å². The van der Waals surface area contributed by atoms with E-state index in [0.717, 1.165) is 11.3 Å². The fourth-order valence-electron chi connectivity index (χ4n) is 2.65. The van der Waals surface area contributed by atoms with Crippen LogP contribution in [0.1, 0.15) is 17.3 Å². The van der Waals surface area contributed by atoms with Gasteiger partial charge in [-0.1, -0.05) is 18.2 Å². The molecule has 1 heterocycles. The Balaban J connectivity index is 2.16. The van der Waals surface area contributed by atoms with Gasteiger partial charge in [-0.2, -0.15) is 0 Å². The van der Waals surface area contributed by atoms with Gasteiger partial charge in [0.15, 0.2) is 17.3 Å². The summed E-state index contributed by atoms with van der Waals surface area (Å²) in [5, 5.41) is 0. The van der Waals surface area contributed by atoms with Crippen LogP contribution in [0, 0.1) is 0 Å². The van der Waals surface area contributed by atoms with E-state index in [1.807, 2.05) is 47.2 Å². The molecule has 0 unspecified atom stereocenters. The number of benzene rings is 2. The third-order valence-corrected chi connectivity index (χ3v) is 3.82. The van der Waals surface area contributed by atoms with Crippen LogP contribution in [-0.4, -0.2) is 29.6 Å². The zero-order chi connectivity index (χ0) is 17.1. The lowest BCUT2D eigenvalue weighted by atomic mass is 10.1. The highest BCUT2D eigenvalue weighted by molar-refractivity contribution is 5.94. The molecule has 0 saturated heterocycles. The van der Waals surface area contributed by atoms with E-state index in [0.29, 0.717) is 22.9 Å². The number of methoxy groups -OCH3 is 2. The van der Waals surface area contributed by atoms with Gasteiger partial charge in [-0.3, -0.25) is 9.36 Å². The van der Waals surface area contributed by atoms with E-state index < -0.39 is 0 Å². The summed E-state index contributed by atoms with van der Waals surface area (Å²) in [5.74, 6) is 2.00. The van der Waals surface area contributed by atoms with Crippen LogP contribution in [0.3, 0.4) is 0 Å². The predicted octanol–water partition coefficient (Wildman–Crippen LogP) is 3.76. The van der Waals surface area contributed by atoms with Crippen molar-refractivity contribution in [3.63, 3.8) is 0 Å². The average Bonchev–Trinajstić information content (AvgIpc) is 3.10. The Morgan fingerprint density at radius 2 is 1.88 bits per heavy atom. The molecular weight excluding hydrogens is 304 g/mol. The van der Waals surface area contributed by atoms with E-state index in [1.165, 1.54) is 0 Å². The topological polar surface area (TPSA) is 53.4 Å². The molecule has 122 valence electrons. The van der Waals surface area contributed by atoms with E-state index in [-0.39, 0.29) is 5.78 Å². The lowest BCUT2D eigenvalue weighted by Crippen LogP contribution is -2.01. The molecule has 0 bridgehead atoms. The van der Waals surface area contributed by atoms with Gasteiger partial charge in [0, 0.05) is 23.6 Å². The van der Waals surface area contributed by atoms with Crippen LogP contribution < -0.4 is 9.47 Å². The van der Waals surface area contributed by atoms with Crippen molar-refractivity contribution in [2.45, 2.75) is 6.92 Å². The summed E-state index contributed by atoms with van der Waals surface area (Å²) in [6.07, 6.45) is 3.57. The van der Waals surface area contributed by atoms with Gasteiger partial charge in [0.05, 0.1) is 19.8 Å². The van der Waals surface area contributed by atoms with Crippen molar-refractivity contribution in [2.24, 2.45) is 0 Å². The Kier molecular flexibility index (Phi) is 4.33. The molecule has 5 heteroatoms. The van der Waals surface area contributed by atoms with Gasteiger partial charge in [0.1, 0.15) is 5.82 Å². The average molecular weight is 322 g/mol. The predicted molar refractivity (Wildman–Crippen MR) is 92.1 cm³/mol. The maximum absolute atomic E-state index is 11.6. The first kappa shape index (κ1) is 15.8. The molecule has 3 rings (SSSR count). The Morgan fingerprint density at radius 3 is 2.58 bits per heavy atom. The van der Waals surface area contributed by atoms with Crippen LogP contribution in [0.25, 0.3) is 17.1 Å². The Bertz CT molecular complexity index is 884. The molecule has 0 N–H and O–H groups in total. The first-order chi connectivity index (χ1) is 11.7. The molecule has 0 amide bonds. The first-order valence-electron chi connectivity index (χ1n) is 7.51. The van der Waals surface area contributed by atoms with E-state index in [4.69, 9.17) is 9.47 Å². The third-order valence-electron chi connectivity index (χ3n) is 3.82. The summed E-state index contributed by atoms with van der Waals surface area (Å²) in [7, 11) is 3.20. The number of carbonyl (C=O) groups excluding carboxylic acids is 1. The maximum Gasteiger partial charge on any atom is 0.171 e. The van der Waals surface area contributed by atoms with Crippen molar-refractivity contribution in [2.75, 3.05) is 14.2 Å². The second kappa shape index (κ2) is 6.58. The quantitative estimate of drug-likeness (QED) is 0.671. The van der Waals surface area contributed by atoms with Gasteiger partial charge in [0.25, 0.3) is 0 Å². The monoisotopic (exact) mass is 322 g/mol. The molecule has 1 aromatic heterocycles. The van der Waals surface area contributed by atoms with Gasteiger partial charge < -0.3 is 9.47 Å². The van der Waals surface area contributed by atoms with E-state index in [2.05, 4.69) is 4.98 Å². The van der Waals surface area contributed by atoms with Gasteiger partial charge in [-0.05, 0) is 31.2 Å². The van der Waals surface area contributed by atoms with Crippen molar-refractivity contribution in [3.8, 4) is 28.6 Å². The van der Waals surface area contributed by atoms with E-state index in [9.17, 15) is 4.79 Å². The zero-order valence-electron chi connectivity index (χ0n) is 13.8. The molecule has 0 radical (unpaired) electrons. The molecule has 5 nitrogen and oxygen atoms in total. The van der Waals surface area contributed by atoms with Gasteiger partial charge in [-0.15, -0.1) is 0 Å². The molecule has 0 fully saturated rings. The summed E-state index contributed by atoms with van der Waals surface area (Å²) in [4.78, 5) is 16.1. The number of rotatable bonds is 5. The van der Waals surface area contributed by atoms with Gasteiger partial charge >= 0.3 is 0 Å². The summed E-state index contributed by atoms with van der Waals surface area (Å²) in [5.41, 5.74) is 2.33. The number of Topliss-reactive ketones (excluding diaryl/α,β-unsaturated/α-hetero) is 1. The molecule has 2 aromatic carbocycles. The Hall–Kier alpha value is -3.08. The summed E-state index contributed by atoms with van der Waals surface area (Å²) >= 11 is 0. The largest absolute Gasteiger partial charge is 0.493 e. The van der Waals surface area contributed by atoms with Crippen molar-refractivity contribution in [1.82, 2.24) is 9.55 Å². The van der Waals surface area contributed by atoms with Crippen molar-refractivity contribution in [1.29, 1.82) is 0 Å². The molecular formula is C19H18N2O3. The number of para-hydroxylation sites is 1. The highest BCUT2D eigenvalue weighted by Crippen LogP contribution is 2.37. The van der Waals surface area contributed by atoms with Crippen LogP contribution in [0.4, 0.5) is 0 Å².